The molecule has 0 bridgehead atoms. The van der Waals surface area contributed by atoms with Crippen molar-refractivity contribution in [2.75, 3.05) is 24.7 Å². The van der Waals surface area contributed by atoms with E-state index < -0.39 is 0 Å². The summed E-state index contributed by atoms with van der Waals surface area (Å²) >= 11 is 0. The molecule has 0 unspecified atom stereocenters. The molecule has 1 rings (SSSR count). The summed E-state index contributed by atoms with van der Waals surface area (Å²) in [5.74, 6) is 0.554. The number of anilines is 2. The first kappa shape index (κ1) is 11.6. The minimum atomic E-state index is -0.0240. The third kappa shape index (κ3) is 3.21. The number of nitrogen functional groups attached to an aromatic ring is 2. The predicted octanol–water partition coefficient (Wildman–Crippen LogP) is 0.858. The lowest BCUT2D eigenvalue weighted by Gasteiger charge is -2.07. The van der Waals surface area contributed by atoms with Gasteiger partial charge in [0, 0.05) is 5.69 Å². The zero-order valence-electron chi connectivity index (χ0n) is 6.66. The molecule has 0 spiro atoms. The van der Waals surface area contributed by atoms with E-state index in [1.54, 1.807) is 18.2 Å². The van der Waals surface area contributed by atoms with Crippen molar-refractivity contribution in [1.82, 2.24) is 0 Å². The van der Waals surface area contributed by atoms with Crippen LogP contribution in [0.4, 0.5) is 11.4 Å². The summed E-state index contributed by atoms with van der Waals surface area (Å²) in [6.07, 6.45) is 0. The highest BCUT2D eigenvalue weighted by Crippen LogP contribution is 2.23. The minimum Gasteiger partial charge on any atom is -0.489 e. The molecule has 74 valence electrons. The maximum Gasteiger partial charge on any atom is 0.142 e. The number of hydrogen-bond donors (Lipinski definition) is 3. The molecule has 0 amide bonds. The number of nitrogens with two attached hydrogens (primary N) is 2. The molecule has 0 aromatic heterocycles. The van der Waals surface area contributed by atoms with Gasteiger partial charge in [0.25, 0.3) is 0 Å². The van der Waals surface area contributed by atoms with Crippen LogP contribution in [0.25, 0.3) is 0 Å². The first-order valence-corrected chi connectivity index (χ1v) is 3.62. The second kappa shape index (κ2) is 5.27. The van der Waals surface area contributed by atoms with Crippen LogP contribution in [0.3, 0.4) is 0 Å². The molecule has 0 aliphatic carbocycles. The molecule has 5 N–H and O–H groups in total. The van der Waals surface area contributed by atoms with E-state index >= 15 is 0 Å². The van der Waals surface area contributed by atoms with Crippen LogP contribution in [0.2, 0.25) is 0 Å². The van der Waals surface area contributed by atoms with Gasteiger partial charge in [-0.1, -0.05) is 7.43 Å². The van der Waals surface area contributed by atoms with Gasteiger partial charge in [-0.15, -0.1) is 0 Å². The summed E-state index contributed by atoms with van der Waals surface area (Å²) in [5, 5.41) is 8.48. The van der Waals surface area contributed by atoms with E-state index in [1.165, 1.54) is 0 Å². The van der Waals surface area contributed by atoms with Crippen LogP contribution in [-0.2, 0) is 0 Å². The zero-order chi connectivity index (χ0) is 8.97. The Labute approximate surface area is 78.1 Å². The lowest BCUT2D eigenvalue weighted by molar-refractivity contribution is 0.202. The molecule has 0 aliphatic rings. The number of hydrogen-bond acceptors (Lipinski definition) is 4. The van der Waals surface area contributed by atoms with Crippen molar-refractivity contribution >= 4 is 11.4 Å². The molecule has 1 aromatic carbocycles. The number of aliphatic hydroxyl groups is 1. The van der Waals surface area contributed by atoms with Crippen molar-refractivity contribution in [3.8, 4) is 5.75 Å². The Kier molecular flexibility index (Phi) is 4.69. The van der Waals surface area contributed by atoms with Gasteiger partial charge in [0.1, 0.15) is 12.4 Å². The highest BCUT2D eigenvalue weighted by Gasteiger charge is 1.98. The molecular formula is C9H16N2O2. The van der Waals surface area contributed by atoms with Crippen LogP contribution in [0.15, 0.2) is 18.2 Å². The zero-order valence-corrected chi connectivity index (χ0v) is 6.66. The predicted molar refractivity (Wildman–Crippen MR) is 54.6 cm³/mol. The molecule has 0 atom stereocenters. The topological polar surface area (TPSA) is 81.5 Å². The molecule has 0 heterocycles. The maximum atomic E-state index is 8.48. The van der Waals surface area contributed by atoms with Crippen LogP contribution in [-0.4, -0.2) is 18.3 Å². The van der Waals surface area contributed by atoms with Gasteiger partial charge < -0.3 is 21.3 Å². The van der Waals surface area contributed by atoms with Crippen molar-refractivity contribution in [3.63, 3.8) is 0 Å². The first-order chi connectivity index (χ1) is 5.74. The molecule has 4 nitrogen and oxygen atoms in total. The highest BCUT2D eigenvalue weighted by atomic mass is 16.5. The van der Waals surface area contributed by atoms with Crippen LogP contribution < -0.4 is 16.2 Å². The Hall–Kier alpha value is -1.42. The summed E-state index contributed by atoms with van der Waals surface area (Å²) in [6, 6.07) is 5.00. The van der Waals surface area contributed by atoms with E-state index in [0.717, 1.165) is 0 Å². The normalized spacial score (nSPS) is 9.00. The number of aliphatic hydroxyl groups excluding tert-OH is 1. The molecule has 0 saturated carbocycles. The molecular weight excluding hydrogens is 168 g/mol. The maximum absolute atomic E-state index is 8.48. The molecule has 13 heavy (non-hydrogen) atoms. The van der Waals surface area contributed by atoms with Crippen LogP contribution in [0.5, 0.6) is 5.75 Å². The number of benzene rings is 1. The average molecular weight is 184 g/mol. The van der Waals surface area contributed by atoms with E-state index in [0.29, 0.717) is 17.1 Å². The van der Waals surface area contributed by atoms with Crippen LogP contribution in [0, 0.1) is 0 Å². The smallest absolute Gasteiger partial charge is 0.142 e. The van der Waals surface area contributed by atoms with E-state index in [1.807, 2.05) is 0 Å². The van der Waals surface area contributed by atoms with E-state index in [-0.39, 0.29) is 20.6 Å². The van der Waals surface area contributed by atoms with E-state index in [4.69, 9.17) is 21.3 Å². The van der Waals surface area contributed by atoms with Crippen molar-refractivity contribution in [3.05, 3.63) is 18.2 Å². The quantitative estimate of drug-likeness (QED) is 0.608. The Balaban J connectivity index is 0.00000144. The van der Waals surface area contributed by atoms with Crippen LogP contribution in [0.1, 0.15) is 7.43 Å². The monoisotopic (exact) mass is 184 g/mol. The van der Waals surface area contributed by atoms with Gasteiger partial charge in [0.2, 0.25) is 0 Å². The minimum absolute atomic E-state index is 0. The largest absolute Gasteiger partial charge is 0.489 e. The Morgan fingerprint density at radius 3 is 2.54 bits per heavy atom. The highest BCUT2D eigenvalue weighted by molar-refractivity contribution is 5.60. The standard InChI is InChI=1S/C8H12N2O2.CH4/c9-6-1-2-8(7(10)5-6)12-4-3-11;/h1-2,5,11H,3-4,9-10H2;1H4. The molecule has 0 fully saturated rings. The summed E-state index contributed by atoms with van der Waals surface area (Å²) in [5.41, 5.74) is 12.1. The van der Waals surface area contributed by atoms with Crippen LogP contribution >= 0.6 is 0 Å². The second-order valence-corrected chi connectivity index (χ2v) is 2.37. The fraction of sp³-hybridized carbons (Fsp3) is 0.333. The molecule has 0 saturated heterocycles. The molecule has 0 radical (unpaired) electrons. The number of ether oxygens (including phenoxy) is 1. The van der Waals surface area contributed by atoms with Crippen molar-refractivity contribution in [1.29, 1.82) is 0 Å². The second-order valence-electron chi connectivity index (χ2n) is 2.37. The summed E-state index contributed by atoms with van der Waals surface area (Å²) < 4.78 is 5.11. The van der Waals surface area contributed by atoms with Crippen molar-refractivity contribution < 1.29 is 9.84 Å². The third-order valence-electron chi connectivity index (χ3n) is 1.38. The summed E-state index contributed by atoms with van der Waals surface area (Å²) in [4.78, 5) is 0. The van der Waals surface area contributed by atoms with Crippen molar-refractivity contribution in [2.24, 2.45) is 0 Å². The third-order valence-corrected chi connectivity index (χ3v) is 1.38. The SMILES string of the molecule is C.Nc1ccc(OCCO)c(N)c1. The Morgan fingerprint density at radius 1 is 1.31 bits per heavy atom. The fourth-order valence-electron chi connectivity index (χ4n) is 0.854. The van der Waals surface area contributed by atoms with E-state index in [2.05, 4.69) is 0 Å². The Bertz CT molecular complexity index is 264. The first-order valence-electron chi connectivity index (χ1n) is 3.62. The van der Waals surface area contributed by atoms with Gasteiger partial charge in [-0.3, -0.25) is 0 Å². The lowest BCUT2D eigenvalue weighted by atomic mass is 10.2. The van der Waals surface area contributed by atoms with Crippen molar-refractivity contribution in [2.45, 2.75) is 7.43 Å². The molecule has 0 aliphatic heterocycles. The lowest BCUT2D eigenvalue weighted by Crippen LogP contribution is -2.04. The van der Waals surface area contributed by atoms with Gasteiger partial charge in [-0.25, -0.2) is 0 Å². The van der Waals surface area contributed by atoms with E-state index in [9.17, 15) is 0 Å². The average Bonchev–Trinajstić information content (AvgIpc) is 2.03. The fourth-order valence-corrected chi connectivity index (χ4v) is 0.854. The van der Waals surface area contributed by atoms with Gasteiger partial charge in [-0.05, 0) is 18.2 Å². The van der Waals surface area contributed by atoms with Gasteiger partial charge >= 0.3 is 0 Å². The van der Waals surface area contributed by atoms with Gasteiger partial charge in [0.05, 0.1) is 12.3 Å². The summed E-state index contributed by atoms with van der Waals surface area (Å²) in [6.45, 7) is 0.220. The van der Waals surface area contributed by atoms with Gasteiger partial charge in [-0.2, -0.15) is 0 Å². The number of rotatable bonds is 3. The molecule has 4 heteroatoms. The molecule has 1 aromatic rings. The summed E-state index contributed by atoms with van der Waals surface area (Å²) in [7, 11) is 0. The van der Waals surface area contributed by atoms with Gasteiger partial charge in [0.15, 0.2) is 0 Å². The Morgan fingerprint density at radius 2 is 2.00 bits per heavy atom.